The minimum absolute atomic E-state index is 0.0132. The van der Waals surface area contributed by atoms with Crippen molar-refractivity contribution in [2.75, 3.05) is 47.0 Å². The molecule has 1 saturated carbocycles. The van der Waals surface area contributed by atoms with Crippen LogP contribution in [-0.4, -0.2) is 74.2 Å². The van der Waals surface area contributed by atoms with E-state index in [1.165, 1.54) is 0 Å². The topological polar surface area (TPSA) is 59.1 Å². The standard InChI is InChI=1S/C16H26N2O4/c1-21-7-6-17-9-12-10-18(11-13(12)15(17)20)14(19)8-16(22-2)4-3-5-16/h12-13H,3-11H2,1-2H3/t12-,13+/m1/s1. The van der Waals surface area contributed by atoms with Gasteiger partial charge in [-0.15, -0.1) is 0 Å². The minimum Gasteiger partial charge on any atom is -0.383 e. The fourth-order valence-electron chi connectivity index (χ4n) is 3.96. The second-order valence-corrected chi connectivity index (χ2v) is 6.86. The molecule has 0 N–H and O–H groups in total. The molecule has 124 valence electrons. The molecule has 2 atom stereocenters. The van der Waals surface area contributed by atoms with Crippen LogP contribution in [0.3, 0.4) is 0 Å². The van der Waals surface area contributed by atoms with Crippen LogP contribution in [0.15, 0.2) is 0 Å². The summed E-state index contributed by atoms with van der Waals surface area (Å²) in [5, 5.41) is 0. The monoisotopic (exact) mass is 310 g/mol. The largest absolute Gasteiger partial charge is 0.383 e. The van der Waals surface area contributed by atoms with Crippen molar-refractivity contribution in [1.82, 2.24) is 9.80 Å². The van der Waals surface area contributed by atoms with Crippen molar-refractivity contribution in [3.8, 4) is 0 Å². The minimum atomic E-state index is -0.233. The average Bonchev–Trinajstić information content (AvgIpc) is 3.01. The Morgan fingerprint density at radius 1 is 1.27 bits per heavy atom. The van der Waals surface area contributed by atoms with Gasteiger partial charge in [0.1, 0.15) is 0 Å². The molecule has 2 heterocycles. The average molecular weight is 310 g/mol. The number of fused-ring (bicyclic) bond motifs is 1. The third-order valence-electron chi connectivity index (χ3n) is 5.61. The van der Waals surface area contributed by atoms with Crippen molar-refractivity contribution >= 4 is 11.8 Å². The summed E-state index contributed by atoms with van der Waals surface area (Å²) in [6.45, 7) is 3.27. The van der Waals surface area contributed by atoms with Crippen LogP contribution in [0.25, 0.3) is 0 Å². The van der Waals surface area contributed by atoms with E-state index in [9.17, 15) is 9.59 Å². The van der Waals surface area contributed by atoms with Crippen molar-refractivity contribution in [2.45, 2.75) is 31.3 Å². The SMILES string of the molecule is COCCN1C[C@@H]2CN(C(=O)CC3(OC)CCC3)C[C@@H]2C1=O. The zero-order valence-corrected chi connectivity index (χ0v) is 13.5. The number of rotatable bonds is 6. The molecule has 6 heteroatoms. The van der Waals surface area contributed by atoms with Gasteiger partial charge in [-0.2, -0.15) is 0 Å². The lowest BCUT2D eigenvalue weighted by Gasteiger charge is -2.40. The molecule has 2 amide bonds. The summed E-state index contributed by atoms with van der Waals surface area (Å²) in [5.41, 5.74) is -0.233. The zero-order chi connectivity index (χ0) is 15.7. The Balaban J connectivity index is 1.54. The van der Waals surface area contributed by atoms with Crippen LogP contribution in [-0.2, 0) is 19.1 Å². The second-order valence-electron chi connectivity index (χ2n) is 6.86. The van der Waals surface area contributed by atoms with E-state index in [-0.39, 0.29) is 29.3 Å². The third kappa shape index (κ3) is 2.74. The van der Waals surface area contributed by atoms with Gasteiger partial charge in [-0.3, -0.25) is 9.59 Å². The molecule has 3 fully saturated rings. The van der Waals surface area contributed by atoms with E-state index in [1.807, 2.05) is 9.80 Å². The predicted molar refractivity (Wildman–Crippen MR) is 80.2 cm³/mol. The number of carbonyl (C=O) groups is 2. The lowest BCUT2D eigenvalue weighted by molar-refractivity contribution is -0.143. The fraction of sp³-hybridized carbons (Fsp3) is 0.875. The molecule has 0 unspecified atom stereocenters. The number of likely N-dealkylation sites (tertiary alicyclic amines) is 2. The maximum atomic E-state index is 12.5. The number of methoxy groups -OCH3 is 2. The number of carbonyl (C=O) groups excluding carboxylic acids is 2. The highest BCUT2D eigenvalue weighted by atomic mass is 16.5. The van der Waals surface area contributed by atoms with Gasteiger partial charge in [-0.25, -0.2) is 0 Å². The normalized spacial score (nSPS) is 29.6. The predicted octanol–water partition coefficient (Wildman–Crippen LogP) is 0.509. The molecule has 3 aliphatic rings. The Bertz CT molecular complexity index is 444. The van der Waals surface area contributed by atoms with Gasteiger partial charge in [-0.1, -0.05) is 0 Å². The number of ether oxygens (including phenoxy) is 2. The van der Waals surface area contributed by atoms with Crippen molar-refractivity contribution in [1.29, 1.82) is 0 Å². The molecule has 0 aromatic heterocycles. The lowest BCUT2D eigenvalue weighted by Crippen LogP contribution is -2.45. The van der Waals surface area contributed by atoms with Crippen LogP contribution in [0, 0.1) is 11.8 Å². The van der Waals surface area contributed by atoms with Crippen LogP contribution in [0.4, 0.5) is 0 Å². The van der Waals surface area contributed by atoms with Crippen LogP contribution in [0.1, 0.15) is 25.7 Å². The van der Waals surface area contributed by atoms with Gasteiger partial charge in [-0.05, 0) is 19.3 Å². The van der Waals surface area contributed by atoms with Crippen molar-refractivity contribution < 1.29 is 19.1 Å². The smallest absolute Gasteiger partial charge is 0.227 e. The molecular formula is C16H26N2O4. The van der Waals surface area contributed by atoms with Gasteiger partial charge in [0.25, 0.3) is 0 Å². The lowest BCUT2D eigenvalue weighted by atomic mass is 9.77. The Kier molecular flexibility index (Phi) is 4.41. The zero-order valence-electron chi connectivity index (χ0n) is 13.5. The van der Waals surface area contributed by atoms with Crippen molar-refractivity contribution in [2.24, 2.45) is 11.8 Å². The third-order valence-corrected chi connectivity index (χ3v) is 5.61. The molecule has 0 radical (unpaired) electrons. The molecule has 2 saturated heterocycles. The molecule has 2 aliphatic heterocycles. The highest BCUT2D eigenvalue weighted by Gasteiger charge is 2.48. The first kappa shape index (κ1) is 15.7. The van der Waals surface area contributed by atoms with Gasteiger partial charge in [0.2, 0.25) is 11.8 Å². The molecule has 0 spiro atoms. The number of hydrogen-bond acceptors (Lipinski definition) is 4. The summed E-state index contributed by atoms with van der Waals surface area (Å²) in [4.78, 5) is 28.6. The number of hydrogen-bond donors (Lipinski definition) is 0. The van der Waals surface area contributed by atoms with Gasteiger partial charge >= 0.3 is 0 Å². The van der Waals surface area contributed by atoms with E-state index in [0.717, 1.165) is 25.8 Å². The highest BCUT2D eigenvalue weighted by molar-refractivity contribution is 5.84. The summed E-state index contributed by atoms with van der Waals surface area (Å²) < 4.78 is 10.6. The van der Waals surface area contributed by atoms with Crippen molar-refractivity contribution in [3.63, 3.8) is 0 Å². The molecule has 3 rings (SSSR count). The summed E-state index contributed by atoms with van der Waals surface area (Å²) in [7, 11) is 3.34. The van der Waals surface area contributed by atoms with Crippen LogP contribution in [0.2, 0.25) is 0 Å². The van der Waals surface area contributed by atoms with E-state index < -0.39 is 0 Å². The Morgan fingerprint density at radius 3 is 2.59 bits per heavy atom. The van der Waals surface area contributed by atoms with Gasteiger partial charge in [0, 0.05) is 46.3 Å². The molecule has 22 heavy (non-hydrogen) atoms. The quantitative estimate of drug-likeness (QED) is 0.717. The molecular weight excluding hydrogens is 284 g/mol. The molecule has 0 aromatic carbocycles. The second kappa shape index (κ2) is 6.16. The number of nitrogens with zero attached hydrogens (tertiary/aromatic N) is 2. The Morgan fingerprint density at radius 2 is 2.05 bits per heavy atom. The Hall–Kier alpha value is -1.14. The van der Waals surface area contributed by atoms with Gasteiger partial charge in [0.05, 0.1) is 24.5 Å². The Labute approximate surface area is 131 Å². The summed E-state index contributed by atoms with van der Waals surface area (Å²) in [5.74, 6) is 0.600. The van der Waals surface area contributed by atoms with Crippen LogP contribution in [0.5, 0.6) is 0 Å². The molecule has 6 nitrogen and oxygen atoms in total. The van der Waals surface area contributed by atoms with E-state index in [1.54, 1.807) is 14.2 Å². The maximum absolute atomic E-state index is 12.5. The van der Waals surface area contributed by atoms with Gasteiger partial charge < -0.3 is 19.3 Å². The van der Waals surface area contributed by atoms with Gasteiger partial charge in [0.15, 0.2) is 0 Å². The fourth-order valence-corrected chi connectivity index (χ4v) is 3.96. The first-order chi connectivity index (χ1) is 10.6. The summed E-state index contributed by atoms with van der Waals surface area (Å²) in [6, 6.07) is 0. The molecule has 0 bridgehead atoms. The van der Waals surface area contributed by atoms with Crippen LogP contribution < -0.4 is 0 Å². The van der Waals surface area contributed by atoms with E-state index in [4.69, 9.17) is 9.47 Å². The first-order valence-corrected chi connectivity index (χ1v) is 8.19. The summed E-state index contributed by atoms with van der Waals surface area (Å²) >= 11 is 0. The van der Waals surface area contributed by atoms with E-state index in [0.29, 0.717) is 32.7 Å². The van der Waals surface area contributed by atoms with E-state index in [2.05, 4.69) is 0 Å². The van der Waals surface area contributed by atoms with Crippen LogP contribution >= 0.6 is 0 Å². The summed E-state index contributed by atoms with van der Waals surface area (Å²) in [6.07, 6.45) is 3.54. The highest BCUT2D eigenvalue weighted by Crippen LogP contribution is 2.39. The number of amides is 2. The molecule has 1 aliphatic carbocycles. The molecule has 0 aromatic rings. The first-order valence-electron chi connectivity index (χ1n) is 8.19. The van der Waals surface area contributed by atoms with Crippen molar-refractivity contribution in [3.05, 3.63) is 0 Å². The van der Waals surface area contributed by atoms with E-state index >= 15 is 0 Å². The maximum Gasteiger partial charge on any atom is 0.227 e.